The zero-order valence-electron chi connectivity index (χ0n) is 21.5. The number of rotatable bonds is 6. The third-order valence-electron chi connectivity index (χ3n) is 7.26. The van der Waals surface area contributed by atoms with Crippen LogP contribution < -0.4 is 4.90 Å². The Morgan fingerprint density at radius 3 is 2.49 bits per heavy atom. The van der Waals surface area contributed by atoms with Gasteiger partial charge in [0.05, 0.1) is 0 Å². The number of nitrogens with zero attached hydrogens (tertiary/aromatic N) is 1. The van der Waals surface area contributed by atoms with Crippen LogP contribution in [0.1, 0.15) is 72.8 Å². The lowest BCUT2D eigenvalue weighted by molar-refractivity contribution is -0.131. The van der Waals surface area contributed by atoms with Crippen molar-refractivity contribution in [2.24, 2.45) is 11.3 Å². The van der Waals surface area contributed by atoms with Crippen molar-refractivity contribution in [3.63, 3.8) is 0 Å². The van der Waals surface area contributed by atoms with E-state index < -0.39 is 5.97 Å². The van der Waals surface area contributed by atoms with Gasteiger partial charge in [-0.1, -0.05) is 88.8 Å². The number of anilines is 1. The fraction of sp³-hybridized carbons (Fsp3) is 0.483. The van der Waals surface area contributed by atoms with E-state index in [1.807, 2.05) is 6.07 Å². The van der Waals surface area contributed by atoms with Crippen molar-refractivity contribution in [2.75, 3.05) is 11.4 Å². The number of halogens is 3. The molecule has 0 saturated carbocycles. The normalized spacial score (nSPS) is 22.8. The predicted molar refractivity (Wildman–Crippen MR) is 150 cm³/mol. The van der Waals surface area contributed by atoms with Crippen molar-refractivity contribution >= 4 is 46.5 Å². The van der Waals surface area contributed by atoms with Gasteiger partial charge in [0, 0.05) is 33.4 Å². The summed E-state index contributed by atoms with van der Waals surface area (Å²) in [6.07, 6.45) is 9.52. The monoisotopic (exact) mass is 535 g/mol. The van der Waals surface area contributed by atoms with E-state index in [9.17, 15) is 9.90 Å². The fourth-order valence-electron chi connectivity index (χ4n) is 4.96. The number of carbonyl (C=O) groups is 1. The van der Waals surface area contributed by atoms with E-state index in [0.29, 0.717) is 17.4 Å². The number of carboxylic acids is 1. The van der Waals surface area contributed by atoms with Crippen molar-refractivity contribution in [3.05, 3.63) is 73.9 Å². The Bertz CT molecular complexity index is 1120. The lowest BCUT2D eigenvalue weighted by Gasteiger charge is -2.36. The molecule has 0 bridgehead atoms. The minimum atomic E-state index is -1.15. The fourth-order valence-corrected chi connectivity index (χ4v) is 5.54. The van der Waals surface area contributed by atoms with E-state index >= 15 is 0 Å². The molecule has 6 heteroatoms. The summed E-state index contributed by atoms with van der Waals surface area (Å²) in [5.41, 5.74) is 5.23. The molecule has 0 aromatic heterocycles. The van der Waals surface area contributed by atoms with Crippen molar-refractivity contribution in [1.29, 1.82) is 0 Å². The molecule has 0 spiro atoms. The van der Waals surface area contributed by atoms with Gasteiger partial charge in [0.15, 0.2) is 0 Å². The van der Waals surface area contributed by atoms with Gasteiger partial charge < -0.3 is 10.0 Å². The van der Waals surface area contributed by atoms with E-state index in [1.165, 1.54) is 23.0 Å². The summed E-state index contributed by atoms with van der Waals surface area (Å²) in [7, 11) is 0. The smallest absolute Gasteiger partial charge is 0.347 e. The highest BCUT2D eigenvalue weighted by atomic mass is 35.5. The van der Waals surface area contributed by atoms with E-state index in [0.717, 1.165) is 42.0 Å². The van der Waals surface area contributed by atoms with Crippen LogP contribution in [0.25, 0.3) is 0 Å². The van der Waals surface area contributed by atoms with Gasteiger partial charge in [0.25, 0.3) is 0 Å². The van der Waals surface area contributed by atoms with E-state index in [4.69, 9.17) is 34.8 Å². The maximum absolute atomic E-state index is 11.4. The average molecular weight is 537 g/mol. The third-order valence-corrected chi connectivity index (χ3v) is 8.25. The molecule has 2 aliphatic rings. The zero-order valence-corrected chi connectivity index (χ0v) is 23.8. The largest absolute Gasteiger partial charge is 0.477 e. The van der Waals surface area contributed by atoms with Crippen LogP contribution in [-0.2, 0) is 10.2 Å². The Morgan fingerprint density at radius 2 is 1.89 bits per heavy atom. The molecule has 0 radical (unpaired) electrons. The minimum Gasteiger partial charge on any atom is -0.477 e. The Morgan fingerprint density at radius 1 is 1.20 bits per heavy atom. The molecule has 1 atom stereocenters. The number of hydrogen-bond acceptors (Lipinski definition) is 2. The number of carboxylic acid groups (broad SMARTS) is 1. The Labute approximate surface area is 225 Å². The summed E-state index contributed by atoms with van der Waals surface area (Å²) in [4.78, 5) is 13.8. The first kappa shape index (κ1) is 27.9. The van der Waals surface area contributed by atoms with Gasteiger partial charge >= 0.3 is 5.97 Å². The molecule has 3 rings (SSSR count). The van der Waals surface area contributed by atoms with Crippen molar-refractivity contribution in [3.8, 4) is 0 Å². The highest BCUT2D eigenvalue weighted by Crippen LogP contribution is 2.49. The lowest BCUT2D eigenvalue weighted by Crippen LogP contribution is -2.27. The van der Waals surface area contributed by atoms with Crippen molar-refractivity contribution in [2.45, 2.75) is 72.6 Å². The molecule has 1 N–H and O–H groups in total. The number of fused-ring (bicyclic) bond motifs is 1. The number of unbranched alkanes of at least 4 members (excludes halogenated alkanes) is 1. The zero-order chi connectivity index (χ0) is 26.1. The molecule has 0 saturated heterocycles. The van der Waals surface area contributed by atoms with Gasteiger partial charge in [0.1, 0.15) is 5.03 Å². The standard InChI is InChI=1S/C29H36Cl3NO2/c1-7-8-13-33-24-11-10-21(30)17-22(24)29(5,6)25(33)12-9-18-14-20(28(2,3)4)15-19(26(18)32)16-23(31)27(34)35/h9-12,16-17,20H,7-8,13-15H2,1-6H3,(H,34,35)/b18-9+,23-16-,25-12+. The predicted octanol–water partition coefficient (Wildman–Crippen LogP) is 9.20. The van der Waals surface area contributed by atoms with Crippen LogP contribution in [0.3, 0.4) is 0 Å². The molecule has 1 heterocycles. The first-order chi connectivity index (χ1) is 16.3. The van der Waals surface area contributed by atoms with E-state index in [2.05, 4.69) is 70.7 Å². The minimum absolute atomic E-state index is 0.0331. The molecular formula is C29H36Cl3NO2. The Kier molecular flexibility index (Phi) is 8.57. The van der Waals surface area contributed by atoms with E-state index in [-0.39, 0.29) is 15.9 Å². The molecule has 1 aromatic rings. The number of hydrogen-bond donors (Lipinski definition) is 1. The van der Waals surface area contributed by atoms with Crippen molar-refractivity contribution < 1.29 is 9.90 Å². The summed E-state index contributed by atoms with van der Waals surface area (Å²) in [5, 5.41) is 10.4. The molecule has 1 aliphatic carbocycles. The number of aliphatic carboxylic acids is 1. The first-order valence-electron chi connectivity index (χ1n) is 12.3. The van der Waals surface area contributed by atoms with Crippen LogP contribution in [0, 0.1) is 11.3 Å². The number of allylic oxidation sites excluding steroid dienone is 7. The molecule has 1 unspecified atom stereocenters. The highest BCUT2D eigenvalue weighted by molar-refractivity contribution is 6.41. The van der Waals surface area contributed by atoms with E-state index in [1.54, 1.807) is 0 Å². The Balaban J connectivity index is 2.12. The maximum Gasteiger partial charge on any atom is 0.347 e. The second-order valence-corrected chi connectivity index (χ2v) is 12.4. The molecule has 190 valence electrons. The van der Waals surface area contributed by atoms with Gasteiger partial charge in [-0.25, -0.2) is 4.79 Å². The highest BCUT2D eigenvalue weighted by Gasteiger charge is 2.40. The lowest BCUT2D eigenvalue weighted by atomic mass is 9.71. The topological polar surface area (TPSA) is 40.5 Å². The SMILES string of the molecule is CCCCN1/C(=C/C=C2\CC(C(C)(C)C)CC(/C=C(\Cl)C(=O)O)=C2Cl)C(C)(C)c2cc(Cl)ccc21. The molecular weight excluding hydrogens is 501 g/mol. The molecule has 0 amide bonds. The third kappa shape index (κ3) is 6.01. The quantitative estimate of drug-likeness (QED) is 0.368. The molecule has 1 aromatic carbocycles. The van der Waals surface area contributed by atoms with Crippen LogP contribution >= 0.6 is 34.8 Å². The molecule has 35 heavy (non-hydrogen) atoms. The summed E-state index contributed by atoms with van der Waals surface area (Å²) in [5.74, 6) is -0.840. The molecule has 0 fully saturated rings. The second kappa shape index (κ2) is 10.7. The second-order valence-electron chi connectivity index (χ2n) is 11.1. The number of benzene rings is 1. The average Bonchev–Trinajstić information content (AvgIpc) is 2.97. The summed E-state index contributed by atoms with van der Waals surface area (Å²) >= 11 is 19.2. The van der Waals surface area contributed by atoms with Crippen LogP contribution in [0.15, 0.2) is 63.3 Å². The molecule has 3 nitrogen and oxygen atoms in total. The van der Waals surface area contributed by atoms with Gasteiger partial charge in [-0.2, -0.15) is 0 Å². The maximum atomic E-state index is 11.4. The van der Waals surface area contributed by atoms with Crippen LogP contribution in [-0.4, -0.2) is 17.6 Å². The van der Waals surface area contributed by atoms with Gasteiger partial charge in [-0.15, -0.1) is 0 Å². The van der Waals surface area contributed by atoms with Crippen LogP contribution in [0.2, 0.25) is 5.02 Å². The van der Waals surface area contributed by atoms with Crippen LogP contribution in [0.5, 0.6) is 0 Å². The summed E-state index contributed by atoms with van der Waals surface area (Å²) in [6, 6.07) is 6.14. The molecule has 1 aliphatic heterocycles. The van der Waals surface area contributed by atoms with Crippen LogP contribution in [0.4, 0.5) is 5.69 Å². The summed E-state index contributed by atoms with van der Waals surface area (Å²) < 4.78 is 0. The van der Waals surface area contributed by atoms with Gasteiger partial charge in [-0.05, 0) is 77.7 Å². The first-order valence-corrected chi connectivity index (χ1v) is 13.4. The van der Waals surface area contributed by atoms with Gasteiger partial charge in [0.2, 0.25) is 0 Å². The Hall–Kier alpha value is -1.68. The van der Waals surface area contributed by atoms with Crippen molar-refractivity contribution in [1.82, 2.24) is 0 Å². The van der Waals surface area contributed by atoms with Gasteiger partial charge in [-0.3, -0.25) is 0 Å². The summed E-state index contributed by atoms with van der Waals surface area (Å²) in [6.45, 7) is 14.2.